The number of aryl methyl sites for hydroxylation is 1. The third-order valence-electron chi connectivity index (χ3n) is 4.67. The molecule has 2 nitrogen and oxygen atoms in total. The van der Waals surface area contributed by atoms with Crippen molar-refractivity contribution in [3.05, 3.63) is 34.9 Å². The summed E-state index contributed by atoms with van der Waals surface area (Å²) in [5.74, 6) is 0. The molecule has 118 valence electrons. The fourth-order valence-corrected chi connectivity index (χ4v) is 9.03. The number of benzene rings is 1. The summed E-state index contributed by atoms with van der Waals surface area (Å²) in [7, 11) is -1.84. The van der Waals surface area contributed by atoms with E-state index in [2.05, 4.69) is 47.6 Å². The van der Waals surface area contributed by atoms with E-state index >= 15 is 0 Å². The molecule has 0 amide bonds. The van der Waals surface area contributed by atoms with E-state index in [0.29, 0.717) is 23.2 Å². The Kier molecular flexibility index (Phi) is 6.35. The van der Waals surface area contributed by atoms with E-state index in [1.165, 1.54) is 0 Å². The Bertz CT molecular complexity index is 456. The van der Waals surface area contributed by atoms with Crippen molar-refractivity contribution in [1.82, 2.24) is 0 Å². The minimum atomic E-state index is -1.84. The van der Waals surface area contributed by atoms with Crippen LogP contribution in [0.2, 0.25) is 16.6 Å². The average Bonchev–Trinajstić information content (AvgIpc) is 2.39. The molecule has 1 aromatic rings. The van der Waals surface area contributed by atoms with Crippen LogP contribution in [0.1, 0.15) is 63.0 Å². The van der Waals surface area contributed by atoms with Gasteiger partial charge in [-0.2, -0.15) is 0 Å². The van der Waals surface area contributed by atoms with Gasteiger partial charge in [0.2, 0.25) is 8.32 Å². The summed E-state index contributed by atoms with van der Waals surface area (Å²) < 4.78 is 6.56. The molecule has 0 atom stereocenters. The fraction of sp³-hybridized carbons (Fsp3) is 0.611. The summed E-state index contributed by atoms with van der Waals surface area (Å²) in [6.45, 7) is 16.3. The molecule has 1 rings (SSSR count). The molecule has 0 saturated heterocycles. The van der Waals surface area contributed by atoms with Crippen molar-refractivity contribution in [2.24, 2.45) is 0 Å². The monoisotopic (exact) mass is 306 g/mol. The number of carbonyl (C=O) groups is 1. The van der Waals surface area contributed by atoms with Crippen LogP contribution in [0.5, 0.6) is 0 Å². The standard InChI is InChI=1S/C18H30O2Si/c1-13(2)21(14(3)4,15(5)6)20-12-17-9-8-16(7)18(10-17)11-19/h8-11,13-15H,12H2,1-7H3. The summed E-state index contributed by atoms with van der Waals surface area (Å²) in [6, 6.07) is 6.04. The quantitative estimate of drug-likeness (QED) is 0.491. The van der Waals surface area contributed by atoms with Gasteiger partial charge in [-0.05, 0) is 40.7 Å². The smallest absolute Gasteiger partial charge is 0.200 e. The SMILES string of the molecule is Cc1ccc(CO[Si](C(C)C)(C(C)C)C(C)C)cc1C=O. The number of hydrogen-bond acceptors (Lipinski definition) is 2. The summed E-state index contributed by atoms with van der Waals surface area (Å²) in [6.07, 6.45) is 0.927. The maximum atomic E-state index is 11.1. The zero-order chi connectivity index (χ0) is 16.2. The molecule has 0 fully saturated rings. The predicted octanol–water partition coefficient (Wildman–Crippen LogP) is 5.50. The highest BCUT2D eigenvalue weighted by atomic mass is 28.4. The van der Waals surface area contributed by atoms with Crippen LogP contribution >= 0.6 is 0 Å². The van der Waals surface area contributed by atoms with Crippen molar-refractivity contribution in [1.29, 1.82) is 0 Å². The van der Waals surface area contributed by atoms with Crippen LogP contribution in [0.4, 0.5) is 0 Å². The van der Waals surface area contributed by atoms with Crippen molar-refractivity contribution in [3.8, 4) is 0 Å². The topological polar surface area (TPSA) is 26.3 Å². The normalized spacial score (nSPS) is 12.5. The first-order valence-electron chi connectivity index (χ1n) is 7.94. The predicted molar refractivity (Wildman–Crippen MR) is 92.4 cm³/mol. The van der Waals surface area contributed by atoms with Gasteiger partial charge in [-0.25, -0.2) is 0 Å². The van der Waals surface area contributed by atoms with Crippen molar-refractivity contribution in [3.63, 3.8) is 0 Å². The molecule has 21 heavy (non-hydrogen) atoms. The number of rotatable bonds is 7. The first-order chi connectivity index (χ1) is 9.75. The fourth-order valence-electron chi connectivity index (χ4n) is 3.62. The first kappa shape index (κ1) is 18.1. The Morgan fingerprint density at radius 1 is 1.05 bits per heavy atom. The minimum absolute atomic E-state index is 0.577. The van der Waals surface area contributed by atoms with Gasteiger partial charge in [0.05, 0.1) is 6.61 Å². The van der Waals surface area contributed by atoms with Gasteiger partial charge >= 0.3 is 0 Å². The highest BCUT2D eigenvalue weighted by Gasteiger charge is 2.44. The minimum Gasteiger partial charge on any atom is -0.412 e. The van der Waals surface area contributed by atoms with E-state index in [-0.39, 0.29) is 0 Å². The molecule has 0 N–H and O–H groups in total. The molecule has 0 spiro atoms. The lowest BCUT2D eigenvalue weighted by atomic mass is 10.1. The second-order valence-corrected chi connectivity index (χ2v) is 12.4. The van der Waals surface area contributed by atoms with E-state index in [1.807, 2.05) is 19.1 Å². The van der Waals surface area contributed by atoms with Crippen LogP contribution < -0.4 is 0 Å². The second-order valence-electron chi connectivity index (χ2n) is 6.92. The van der Waals surface area contributed by atoms with E-state index in [0.717, 1.165) is 23.0 Å². The summed E-state index contributed by atoms with van der Waals surface area (Å²) in [5.41, 5.74) is 4.62. The molecular formula is C18H30O2Si. The van der Waals surface area contributed by atoms with E-state index in [1.54, 1.807) is 0 Å². The van der Waals surface area contributed by atoms with Gasteiger partial charge in [0.1, 0.15) is 6.29 Å². The molecule has 0 heterocycles. The van der Waals surface area contributed by atoms with Crippen LogP contribution in [0.25, 0.3) is 0 Å². The maximum absolute atomic E-state index is 11.1. The molecule has 0 aliphatic heterocycles. The lowest BCUT2D eigenvalue weighted by Crippen LogP contribution is -2.47. The Morgan fingerprint density at radius 3 is 2.00 bits per heavy atom. The van der Waals surface area contributed by atoms with E-state index in [4.69, 9.17) is 4.43 Å². The largest absolute Gasteiger partial charge is 0.412 e. The highest BCUT2D eigenvalue weighted by Crippen LogP contribution is 2.42. The summed E-state index contributed by atoms with van der Waals surface area (Å²) in [4.78, 5) is 11.1. The molecule has 3 heteroatoms. The number of aldehydes is 1. The van der Waals surface area contributed by atoms with Crippen molar-refractivity contribution in [2.45, 2.75) is 71.7 Å². The summed E-state index contributed by atoms with van der Waals surface area (Å²) in [5, 5.41) is 0. The summed E-state index contributed by atoms with van der Waals surface area (Å²) >= 11 is 0. The van der Waals surface area contributed by atoms with Crippen molar-refractivity contribution < 1.29 is 9.22 Å². The number of carbonyl (C=O) groups excluding carboxylic acids is 1. The third kappa shape index (κ3) is 3.83. The zero-order valence-corrected chi connectivity index (χ0v) is 15.6. The van der Waals surface area contributed by atoms with Crippen LogP contribution in [0, 0.1) is 6.92 Å². The first-order valence-corrected chi connectivity index (χ1v) is 10.1. The molecule has 0 unspecified atom stereocenters. The van der Waals surface area contributed by atoms with Gasteiger partial charge < -0.3 is 4.43 Å². The van der Waals surface area contributed by atoms with Gasteiger partial charge in [0.25, 0.3) is 0 Å². The van der Waals surface area contributed by atoms with Crippen LogP contribution in [0.15, 0.2) is 18.2 Å². The Hall–Kier alpha value is -0.933. The van der Waals surface area contributed by atoms with Gasteiger partial charge in [-0.1, -0.05) is 53.7 Å². The number of hydrogen-bond donors (Lipinski definition) is 0. The molecular weight excluding hydrogens is 276 g/mol. The molecule has 0 aromatic heterocycles. The van der Waals surface area contributed by atoms with Gasteiger partial charge in [-0.15, -0.1) is 0 Å². The van der Waals surface area contributed by atoms with Gasteiger partial charge in [0, 0.05) is 5.56 Å². The van der Waals surface area contributed by atoms with Crippen LogP contribution in [-0.2, 0) is 11.0 Å². The van der Waals surface area contributed by atoms with E-state index in [9.17, 15) is 4.79 Å². The Morgan fingerprint density at radius 2 is 1.57 bits per heavy atom. The average molecular weight is 307 g/mol. The van der Waals surface area contributed by atoms with Gasteiger partial charge in [-0.3, -0.25) is 4.79 Å². The lowest BCUT2D eigenvalue weighted by molar-refractivity contribution is 0.112. The Labute approximate surface area is 131 Å². The molecule has 0 aliphatic rings. The second kappa shape index (κ2) is 7.37. The van der Waals surface area contributed by atoms with Crippen molar-refractivity contribution >= 4 is 14.6 Å². The lowest BCUT2D eigenvalue weighted by Gasteiger charge is -2.42. The molecule has 0 saturated carbocycles. The molecule has 1 aromatic carbocycles. The van der Waals surface area contributed by atoms with Crippen LogP contribution in [0.3, 0.4) is 0 Å². The maximum Gasteiger partial charge on any atom is 0.200 e. The molecule has 0 radical (unpaired) electrons. The zero-order valence-electron chi connectivity index (χ0n) is 14.6. The molecule has 0 bridgehead atoms. The van der Waals surface area contributed by atoms with Crippen LogP contribution in [-0.4, -0.2) is 14.6 Å². The highest BCUT2D eigenvalue weighted by molar-refractivity contribution is 6.77. The van der Waals surface area contributed by atoms with Crippen molar-refractivity contribution in [2.75, 3.05) is 0 Å². The van der Waals surface area contributed by atoms with E-state index < -0.39 is 8.32 Å². The van der Waals surface area contributed by atoms with Gasteiger partial charge in [0.15, 0.2) is 0 Å². The Balaban J connectivity index is 2.99. The third-order valence-corrected chi connectivity index (χ3v) is 10.7. The molecule has 0 aliphatic carbocycles.